The van der Waals surface area contributed by atoms with Gasteiger partial charge in [-0.05, 0) is 31.0 Å². The van der Waals surface area contributed by atoms with E-state index in [1.165, 1.54) is 23.8 Å². The Balaban J connectivity index is 1.98. The maximum atomic E-state index is 4.45. The lowest BCUT2D eigenvalue weighted by Gasteiger charge is -2.07. The molecule has 90 valence electrons. The van der Waals surface area contributed by atoms with Gasteiger partial charge in [0.05, 0.1) is 5.52 Å². The highest BCUT2D eigenvalue weighted by Gasteiger charge is 2.00. The molecule has 1 N–H and O–H groups in total. The minimum Gasteiger partial charge on any atom is -0.313 e. The van der Waals surface area contributed by atoms with Gasteiger partial charge >= 0.3 is 0 Å². The molecule has 2 aromatic rings. The van der Waals surface area contributed by atoms with Crippen molar-refractivity contribution in [1.82, 2.24) is 10.3 Å². The summed E-state index contributed by atoms with van der Waals surface area (Å²) in [6.07, 6.45) is 4.29. The van der Waals surface area contributed by atoms with E-state index in [2.05, 4.69) is 50.5 Å². The summed E-state index contributed by atoms with van der Waals surface area (Å²) in [6, 6.07) is 10.4. The molecule has 0 unspecified atom stereocenters. The molecule has 1 aromatic carbocycles. The molecule has 0 bridgehead atoms. The standard InChI is InChI=1S/C14H17BrN2/c15-8-1-2-9-16-11-13-6-3-5-12-7-4-10-17-14(12)13/h3-7,10,16H,1-2,8-9,11H2. The van der Waals surface area contributed by atoms with E-state index in [0.717, 1.165) is 23.9 Å². The van der Waals surface area contributed by atoms with Crippen molar-refractivity contribution >= 4 is 26.8 Å². The highest BCUT2D eigenvalue weighted by molar-refractivity contribution is 9.09. The Morgan fingerprint density at radius 3 is 2.88 bits per heavy atom. The maximum Gasteiger partial charge on any atom is 0.0746 e. The van der Waals surface area contributed by atoms with E-state index in [1.807, 2.05) is 12.3 Å². The number of nitrogens with one attached hydrogen (secondary N) is 1. The van der Waals surface area contributed by atoms with Crippen molar-refractivity contribution in [2.24, 2.45) is 0 Å². The van der Waals surface area contributed by atoms with Gasteiger partial charge in [0, 0.05) is 23.5 Å². The monoisotopic (exact) mass is 292 g/mol. The molecule has 3 heteroatoms. The Labute approximate surface area is 111 Å². The van der Waals surface area contributed by atoms with Gasteiger partial charge in [-0.1, -0.05) is 40.2 Å². The molecule has 0 amide bonds. The summed E-state index contributed by atoms with van der Waals surface area (Å²) >= 11 is 3.44. The number of fused-ring (bicyclic) bond motifs is 1. The fourth-order valence-electron chi connectivity index (χ4n) is 1.88. The van der Waals surface area contributed by atoms with Gasteiger partial charge in [0.25, 0.3) is 0 Å². The summed E-state index contributed by atoms with van der Waals surface area (Å²) in [7, 11) is 0. The second kappa shape index (κ2) is 6.72. The van der Waals surface area contributed by atoms with Crippen LogP contribution in [0, 0.1) is 0 Å². The zero-order valence-electron chi connectivity index (χ0n) is 9.82. The Kier molecular flexibility index (Phi) is 4.95. The minimum absolute atomic E-state index is 0.899. The molecule has 17 heavy (non-hydrogen) atoms. The summed E-state index contributed by atoms with van der Waals surface area (Å²) in [5.74, 6) is 0. The van der Waals surface area contributed by atoms with Crippen LogP contribution in [0.5, 0.6) is 0 Å². The second-order valence-electron chi connectivity index (χ2n) is 4.07. The third kappa shape index (κ3) is 3.51. The quantitative estimate of drug-likeness (QED) is 0.651. The van der Waals surface area contributed by atoms with Crippen molar-refractivity contribution < 1.29 is 0 Å². The Morgan fingerprint density at radius 2 is 2.00 bits per heavy atom. The molecule has 0 spiro atoms. The Morgan fingerprint density at radius 1 is 1.12 bits per heavy atom. The molecule has 0 atom stereocenters. The summed E-state index contributed by atoms with van der Waals surface area (Å²) in [5.41, 5.74) is 2.39. The molecule has 2 rings (SSSR count). The first-order chi connectivity index (χ1) is 8.42. The normalized spacial score (nSPS) is 10.9. The number of unbranched alkanes of at least 4 members (excludes halogenated alkanes) is 1. The van der Waals surface area contributed by atoms with Gasteiger partial charge in [-0.3, -0.25) is 4.98 Å². The number of nitrogens with zero attached hydrogens (tertiary/aromatic N) is 1. The van der Waals surface area contributed by atoms with Crippen molar-refractivity contribution in [2.45, 2.75) is 19.4 Å². The van der Waals surface area contributed by atoms with Crippen LogP contribution in [-0.4, -0.2) is 16.9 Å². The summed E-state index contributed by atoms with van der Waals surface area (Å²) in [5, 5.41) is 5.77. The van der Waals surface area contributed by atoms with Gasteiger partial charge in [0.1, 0.15) is 0 Å². The average Bonchev–Trinajstić information content (AvgIpc) is 2.39. The smallest absolute Gasteiger partial charge is 0.0746 e. The molecular formula is C14H17BrN2. The van der Waals surface area contributed by atoms with E-state index < -0.39 is 0 Å². The summed E-state index contributed by atoms with van der Waals surface area (Å²) in [4.78, 5) is 4.45. The van der Waals surface area contributed by atoms with Crippen LogP contribution in [-0.2, 0) is 6.54 Å². The first-order valence-corrected chi connectivity index (χ1v) is 7.13. The molecule has 0 aliphatic heterocycles. The zero-order chi connectivity index (χ0) is 11.9. The van der Waals surface area contributed by atoms with Crippen LogP contribution in [0.15, 0.2) is 36.5 Å². The van der Waals surface area contributed by atoms with E-state index in [-0.39, 0.29) is 0 Å². The van der Waals surface area contributed by atoms with Crippen molar-refractivity contribution in [3.05, 3.63) is 42.1 Å². The third-order valence-corrected chi connectivity index (χ3v) is 3.33. The zero-order valence-corrected chi connectivity index (χ0v) is 11.4. The fourth-order valence-corrected chi connectivity index (χ4v) is 2.27. The molecule has 0 radical (unpaired) electrons. The number of para-hydroxylation sites is 1. The van der Waals surface area contributed by atoms with Crippen molar-refractivity contribution in [3.8, 4) is 0 Å². The minimum atomic E-state index is 0.899. The molecule has 0 aliphatic rings. The van der Waals surface area contributed by atoms with Gasteiger partial charge in [-0.25, -0.2) is 0 Å². The number of hydrogen-bond donors (Lipinski definition) is 1. The third-order valence-electron chi connectivity index (χ3n) is 2.77. The molecule has 0 aliphatic carbocycles. The average molecular weight is 293 g/mol. The Hall–Kier alpha value is -0.930. The molecule has 0 saturated heterocycles. The van der Waals surface area contributed by atoms with Crippen LogP contribution in [0.2, 0.25) is 0 Å². The molecule has 1 heterocycles. The lowest BCUT2D eigenvalue weighted by atomic mass is 10.1. The first kappa shape index (κ1) is 12.5. The molecule has 2 nitrogen and oxygen atoms in total. The van der Waals surface area contributed by atoms with Gasteiger partial charge in [0.15, 0.2) is 0 Å². The Bertz CT molecular complexity index is 465. The van der Waals surface area contributed by atoms with Crippen LogP contribution >= 0.6 is 15.9 Å². The van der Waals surface area contributed by atoms with E-state index in [0.29, 0.717) is 0 Å². The number of hydrogen-bond acceptors (Lipinski definition) is 2. The molecule has 1 aromatic heterocycles. The lowest BCUT2D eigenvalue weighted by Crippen LogP contribution is -2.15. The fraction of sp³-hybridized carbons (Fsp3) is 0.357. The van der Waals surface area contributed by atoms with Crippen LogP contribution in [0.4, 0.5) is 0 Å². The summed E-state index contributed by atoms with van der Waals surface area (Å²) < 4.78 is 0. The lowest BCUT2D eigenvalue weighted by molar-refractivity contribution is 0.646. The topological polar surface area (TPSA) is 24.9 Å². The molecule has 0 fully saturated rings. The van der Waals surface area contributed by atoms with Crippen molar-refractivity contribution in [1.29, 1.82) is 0 Å². The number of benzene rings is 1. The molecular weight excluding hydrogens is 276 g/mol. The number of pyridine rings is 1. The predicted molar refractivity (Wildman–Crippen MR) is 76.5 cm³/mol. The van der Waals surface area contributed by atoms with Gasteiger partial charge in [0.2, 0.25) is 0 Å². The SMILES string of the molecule is BrCCCCNCc1cccc2cccnc12. The number of alkyl halides is 1. The highest BCUT2D eigenvalue weighted by Crippen LogP contribution is 2.15. The van der Waals surface area contributed by atoms with Crippen molar-refractivity contribution in [2.75, 3.05) is 11.9 Å². The van der Waals surface area contributed by atoms with Crippen LogP contribution in [0.25, 0.3) is 10.9 Å². The van der Waals surface area contributed by atoms with E-state index in [4.69, 9.17) is 0 Å². The maximum absolute atomic E-state index is 4.45. The second-order valence-corrected chi connectivity index (χ2v) is 4.86. The predicted octanol–water partition coefficient (Wildman–Crippen LogP) is 3.50. The number of halogens is 1. The first-order valence-electron chi connectivity index (χ1n) is 6.01. The van der Waals surface area contributed by atoms with Gasteiger partial charge in [-0.2, -0.15) is 0 Å². The van der Waals surface area contributed by atoms with Gasteiger partial charge < -0.3 is 5.32 Å². The van der Waals surface area contributed by atoms with E-state index in [1.54, 1.807) is 0 Å². The van der Waals surface area contributed by atoms with Crippen molar-refractivity contribution in [3.63, 3.8) is 0 Å². The number of aromatic nitrogens is 1. The summed E-state index contributed by atoms with van der Waals surface area (Å²) in [6.45, 7) is 1.96. The van der Waals surface area contributed by atoms with Crippen LogP contribution in [0.3, 0.4) is 0 Å². The molecule has 0 saturated carbocycles. The largest absolute Gasteiger partial charge is 0.313 e. The van der Waals surface area contributed by atoms with E-state index >= 15 is 0 Å². The van der Waals surface area contributed by atoms with Gasteiger partial charge in [-0.15, -0.1) is 0 Å². The van der Waals surface area contributed by atoms with Crippen LogP contribution in [0.1, 0.15) is 18.4 Å². The number of rotatable bonds is 6. The highest BCUT2D eigenvalue weighted by atomic mass is 79.9. The van der Waals surface area contributed by atoms with Crippen LogP contribution < -0.4 is 5.32 Å². The van der Waals surface area contributed by atoms with E-state index in [9.17, 15) is 0 Å².